The van der Waals surface area contributed by atoms with Gasteiger partial charge in [-0.25, -0.2) is 0 Å². The van der Waals surface area contributed by atoms with Crippen molar-refractivity contribution in [1.82, 2.24) is 20.9 Å². The molecule has 14 heteroatoms. The normalized spacial score (nSPS) is 10.2. The van der Waals surface area contributed by atoms with E-state index in [0.29, 0.717) is 65.9 Å². The molecule has 0 aliphatic rings. The van der Waals surface area contributed by atoms with E-state index in [4.69, 9.17) is 30.2 Å². The molecular weight excluding hydrogens is 402 g/mol. The van der Waals surface area contributed by atoms with E-state index in [1.165, 1.54) is 0 Å². The summed E-state index contributed by atoms with van der Waals surface area (Å²) in [4.78, 5) is 36.7. The summed E-state index contributed by atoms with van der Waals surface area (Å²) in [7, 11) is 0. The first-order valence-electron chi connectivity index (χ1n) is 9.44. The Bertz CT molecular complexity index is 530. The van der Waals surface area contributed by atoms with E-state index in [-0.39, 0.29) is 25.5 Å². The number of rotatable bonds is 20. The molecule has 0 heterocycles. The van der Waals surface area contributed by atoms with Gasteiger partial charge in [-0.3, -0.25) is 14.4 Å². The zero-order chi connectivity index (χ0) is 22.3. The number of ether oxygens (including phenoxy) is 4. The first kappa shape index (κ1) is 27.5. The fraction of sp³-hybridized carbons (Fsp3) is 0.812. The van der Waals surface area contributed by atoms with Crippen molar-refractivity contribution in [3.8, 4) is 0 Å². The van der Waals surface area contributed by atoms with Gasteiger partial charge >= 0.3 is 0 Å². The van der Waals surface area contributed by atoms with Gasteiger partial charge in [0, 0.05) is 6.54 Å². The summed E-state index contributed by atoms with van der Waals surface area (Å²) in [6.45, 7) is 3.28. The van der Waals surface area contributed by atoms with E-state index in [9.17, 15) is 14.4 Å². The van der Waals surface area contributed by atoms with Crippen molar-refractivity contribution >= 4 is 17.7 Å². The van der Waals surface area contributed by atoms with Crippen molar-refractivity contribution in [2.45, 2.75) is 0 Å². The summed E-state index contributed by atoms with van der Waals surface area (Å²) < 4.78 is 21.1. The lowest BCUT2D eigenvalue weighted by molar-refractivity contribution is -0.127. The summed E-state index contributed by atoms with van der Waals surface area (Å²) in [5.74, 6) is -1.30. The van der Waals surface area contributed by atoms with Gasteiger partial charge in [-0.15, -0.1) is 0 Å². The topological polar surface area (TPSA) is 201 Å². The third kappa shape index (κ3) is 20.3. The van der Waals surface area contributed by atoms with E-state index >= 15 is 0 Å². The third-order valence-corrected chi connectivity index (χ3v) is 3.17. The highest BCUT2D eigenvalue weighted by atomic mass is 16.6. The summed E-state index contributed by atoms with van der Waals surface area (Å²) in [6.07, 6.45) is 0. The van der Waals surface area contributed by atoms with Crippen LogP contribution >= 0.6 is 0 Å². The van der Waals surface area contributed by atoms with E-state index in [1.807, 2.05) is 0 Å². The van der Waals surface area contributed by atoms with Gasteiger partial charge < -0.3 is 40.6 Å². The average molecular weight is 434 g/mol. The van der Waals surface area contributed by atoms with E-state index in [1.54, 1.807) is 0 Å². The molecule has 0 bridgehead atoms. The number of nitrogens with zero attached hydrogens (tertiary/aromatic N) is 2. The highest BCUT2D eigenvalue weighted by molar-refractivity contribution is 5.88. The molecule has 0 atom stereocenters. The van der Waals surface area contributed by atoms with Crippen LogP contribution in [0.1, 0.15) is 0 Å². The van der Waals surface area contributed by atoms with Gasteiger partial charge in [0.1, 0.15) is 17.2 Å². The molecular formula is C16H32N7O7+. The van der Waals surface area contributed by atoms with Crippen LogP contribution in [0.4, 0.5) is 0 Å². The molecule has 6 N–H and O–H groups in total. The molecule has 30 heavy (non-hydrogen) atoms. The first-order chi connectivity index (χ1) is 14.6. The van der Waals surface area contributed by atoms with Crippen LogP contribution < -0.4 is 26.6 Å². The number of nitrogens with one attached hydrogen (secondary N) is 4. The van der Waals surface area contributed by atoms with Gasteiger partial charge in [0.15, 0.2) is 0 Å². The standard InChI is InChI=1S/C16H31N7O7/c17-11-14(24)20-13-16(26)21-12-15(25)19-1-3-27-5-7-29-9-10-30-8-6-28-4-2-22-23-18/h18H,1-13,17H2,(H2-,19,20,21,24,25,26)/p+1. The van der Waals surface area contributed by atoms with Crippen molar-refractivity contribution in [3.05, 3.63) is 0 Å². The Morgan fingerprint density at radius 2 is 1.20 bits per heavy atom. The minimum atomic E-state index is -0.482. The molecule has 0 rings (SSSR count). The molecule has 3 amide bonds. The zero-order valence-corrected chi connectivity index (χ0v) is 17.0. The molecule has 0 fully saturated rings. The van der Waals surface area contributed by atoms with Gasteiger partial charge in [-0.05, 0) is 0 Å². The summed E-state index contributed by atoms with van der Waals surface area (Å²) in [6, 6.07) is 0. The molecule has 0 aliphatic carbocycles. The number of hydrogen-bond donors (Lipinski definition) is 5. The Hall–Kier alpha value is -2.48. The second-order valence-electron chi connectivity index (χ2n) is 5.52. The quantitative estimate of drug-likeness (QED) is 0.0753. The van der Waals surface area contributed by atoms with Crippen LogP contribution in [0.5, 0.6) is 0 Å². The minimum absolute atomic E-state index is 0.193. The molecule has 0 saturated carbocycles. The monoisotopic (exact) mass is 434 g/mol. The highest BCUT2D eigenvalue weighted by Crippen LogP contribution is 1.83. The Morgan fingerprint density at radius 1 is 0.733 bits per heavy atom. The maximum Gasteiger partial charge on any atom is 0.239 e. The Morgan fingerprint density at radius 3 is 1.73 bits per heavy atom. The number of carbonyl (C=O) groups is 3. The van der Waals surface area contributed by atoms with Crippen molar-refractivity contribution in [2.24, 2.45) is 10.8 Å². The van der Waals surface area contributed by atoms with Crippen LogP contribution in [0.3, 0.4) is 0 Å². The molecule has 172 valence electrons. The average Bonchev–Trinajstić information content (AvgIpc) is 2.75. The number of carbonyl (C=O) groups excluding carboxylic acids is 3. The van der Waals surface area contributed by atoms with E-state index < -0.39 is 11.8 Å². The number of hydrogen-bond acceptors (Lipinski definition) is 10. The molecule has 0 radical (unpaired) electrons. The van der Waals surface area contributed by atoms with Gasteiger partial charge in [-0.2, -0.15) is 0 Å². The fourth-order valence-electron chi connectivity index (χ4n) is 1.73. The van der Waals surface area contributed by atoms with Gasteiger partial charge in [0.25, 0.3) is 0 Å². The number of nitrogens with two attached hydrogens (primary N) is 1. The second kappa shape index (κ2) is 21.2. The van der Waals surface area contributed by atoms with Gasteiger partial charge in [0.05, 0.1) is 72.5 Å². The molecule has 0 aromatic rings. The highest BCUT2D eigenvalue weighted by Gasteiger charge is 2.06. The van der Waals surface area contributed by atoms with Crippen molar-refractivity contribution in [3.63, 3.8) is 0 Å². The van der Waals surface area contributed by atoms with E-state index in [0.717, 1.165) is 0 Å². The maximum absolute atomic E-state index is 11.5. The minimum Gasteiger partial charge on any atom is -0.377 e. The first-order valence-corrected chi connectivity index (χ1v) is 9.44. The smallest absolute Gasteiger partial charge is 0.239 e. The lowest BCUT2D eigenvalue weighted by Gasteiger charge is -2.09. The number of amides is 3. The van der Waals surface area contributed by atoms with E-state index in [2.05, 4.69) is 26.0 Å². The van der Waals surface area contributed by atoms with Crippen LogP contribution in [-0.4, -0.2) is 103 Å². The Balaban J connectivity index is 3.29. The molecule has 0 aliphatic heterocycles. The SMILES string of the molecule is N=[N+]=NCCOCCOCCOCCOCCNC(=O)CNC(=O)CNC(=O)CN. The summed E-state index contributed by atoms with van der Waals surface area (Å²) >= 11 is 0. The van der Waals surface area contributed by atoms with Crippen molar-refractivity contribution in [2.75, 3.05) is 85.6 Å². The fourth-order valence-corrected chi connectivity index (χ4v) is 1.73. The molecule has 0 aromatic carbocycles. The van der Waals surface area contributed by atoms with Crippen LogP contribution in [0, 0.1) is 5.53 Å². The lowest BCUT2D eigenvalue weighted by atomic mass is 10.5. The molecule has 0 spiro atoms. The van der Waals surface area contributed by atoms with Gasteiger partial charge in [0.2, 0.25) is 22.6 Å². The lowest BCUT2D eigenvalue weighted by Crippen LogP contribution is -2.43. The molecule has 14 nitrogen and oxygen atoms in total. The molecule has 0 unspecified atom stereocenters. The van der Waals surface area contributed by atoms with Crippen LogP contribution in [0.2, 0.25) is 0 Å². The van der Waals surface area contributed by atoms with Crippen molar-refractivity contribution < 1.29 is 33.3 Å². The third-order valence-electron chi connectivity index (χ3n) is 3.17. The van der Waals surface area contributed by atoms with Gasteiger partial charge in [-0.1, -0.05) is 0 Å². The zero-order valence-electron chi connectivity index (χ0n) is 17.0. The van der Waals surface area contributed by atoms with Crippen molar-refractivity contribution in [1.29, 1.82) is 5.53 Å². The summed E-state index contributed by atoms with van der Waals surface area (Å²) in [5.41, 5.74) is 11.5. The van der Waals surface area contributed by atoms with Crippen LogP contribution in [-0.2, 0) is 33.3 Å². The largest absolute Gasteiger partial charge is 0.377 e. The molecule has 0 saturated heterocycles. The maximum atomic E-state index is 11.5. The Kier molecular flexibility index (Phi) is 19.5. The predicted octanol–water partition coefficient (Wildman–Crippen LogP) is -3.09. The second-order valence-corrected chi connectivity index (χ2v) is 5.52. The molecule has 0 aromatic heterocycles. The Labute approximate surface area is 174 Å². The predicted molar refractivity (Wildman–Crippen MR) is 104 cm³/mol. The van der Waals surface area contributed by atoms with Crippen LogP contribution in [0.25, 0.3) is 0 Å². The summed E-state index contributed by atoms with van der Waals surface area (Å²) in [5, 5.41) is 10.7. The van der Waals surface area contributed by atoms with Crippen LogP contribution in [0.15, 0.2) is 5.11 Å².